The average molecular weight is 360 g/mol. The van der Waals surface area contributed by atoms with E-state index in [1.54, 1.807) is 18.2 Å². The van der Waals surface area contributed by atoms with E-state index < -0.39 is 23.7 Å². The molecule has 26 heavy (non-hydrogen) atoms. The van der Waals surface area contributed by atoms with Gasteiger partial charge in [-0.2, -0.15) is 0 Å². The van der Waals surface area contributed by atoms with Crippen molar-refractivity contribution in [2.75, 3.05) is 19.5 Å². The minimum Gasteiger partial charge on any atom is -0.493 e. The number of amides is 1. The Balaban J connectivity index is 1.99. The molecule has 1 aliphatic heterocycles. The van der Waals surface area contributed by atoms with Gasteiger partial charge in [0.05, 0.1) is 19.8 Å². The van der Waals surface area contributed by atoms with Gasteiger partial charge in [-0.3, -0.25) is 4.79 Å². The van der Waals surface area contributed by atoms with E-state index in [1.807, 2.05) is 0 Å². The van der Waals surface area contributed by atoms with Gasteiger partial charge in [0, 0.05) is 17.8 Å². The van der Waals surface area contributed by atoms with E-state index in [2.05, 4.69) is 10.6 Å². The van der Waals surface area contributed by atoms with Crippen LogP contribution in [0, 0.1) is 5.82 Å². The summed E-state index contributed by atoms with van der Waals surface area (Å²) in [5.74, 6) is -1.43. The number of anilines is 1. The number of fused-ring (bicyclic) bond motifs is 1. The Morgan fingerprint density at radius 1 is 1.23 bits per heavy atom. The Morgan fingerprint density at radius 3 is 2.62 bits per heavy atom. The first kappa shape index (κ1) is 17.5. The molecule has 1 heterocycles. The maximum atomic E-state index is 13.9. The van der Waals surface area contributed by atoms with Crippen LogP contribution in [0.4, 0.5) is 10.1 Å². The van der Waals surface area contributed by atoms with Crippen molar-refractivity contribution in [3.05, 3.63) is 52.8 Å². The van der Waals surface area contributed by atoms with E-state index >= 15 is 0 Å². The molecular formula is C18H17FN2O5. The molecular weight excluding hydrogens is 343 g/mol. The summed E-state index contributed by atoms with van der Waals surface area (Å²) in [4.78, 5) is 23.6. The summed E-state index contributed by atoms with van der Waals surface area (Å²) in [5.41, 5.74) is 1.14. The van der Waals surface area contributed by atoms with E-state index in [0.717, 1.165) is 6.07 Å². The van der Waals surface area contributed by atoms with Crippen LogP contribution in [0.3, 0.4) is 0 Å². The number of hydrogen-bond donors (Lipinski definition) is 3. The van der Waals surface area contributed by atoms with Crippen LogP contribution in [0.1, 0.15) is 27.5 Å². The minimum atomic E-state index is -1.13. The number of benzene rings is 2. The van der Waals surface area contributed by atoms with Crippen LogP contribution in [0.5, 0.6) is 11.5 Å². The molecule has 0 aliphatic carbocycles. The Hall–Kier alpha value is -3.29. The van der Waals surface area contributed by atoms with Crippen molar-refractivity contribution in [1.82, 2.24) is 5.32 Å². The number of carboxylic acid groups (broad SMARTS) is 1. The summed E-state index contributed by atoms with van der Waals surface area (Å²) in [6, 6.07) is 6.19. The molecule has 0 bridgehead atoms. The fourth-order valence-electron chi connectivity index (χ4n) is 2.92. The lowest BCUT2D eigenvalue weighted by Crippen LogP contribution is -2.21. The monoisotopic (exact) mass is 360 g/mol. The average Bonchev–Trinajstić information content (AvgIpc) is 3.03. The fourth-order valence-corrected chi connectivity index (χ4v) is 2.92. The summed E-state index contributed by atoms with van der Waals surface area (Å²) in [6.07, 6.45) is 0. The van der Waals surface area contributed by atoms with Gasteiger partial charge < -0.3 is 25.2 Å². The van der Waals surface area contributed by atoms with E-state index in [4.69, 9.17) is 9.47 Å². The molecule has 0 aromatic heterocycles. The van der Waals surface area contributed by atoms with Gasteiger partial charge in [0.15, 0.2) is 17.5 Å². The third kappa shape index (κ3) is 3.01. The second kappa shape index (κ2) is 6.91. The first-order valence-electron chi connectivity index (χ1n) is 7.77. The molecule has 0 spiro atoms. The molecule has 0 radical (unpaired) electrons. The first-order valence-corrected chi connectivity index (χ1v) is 7.77. The number of ether oxygens (including phenoxy) is 2. The predicted molar refractivity (Wildman–Crippen MR) is 91.1 cm³/mol. The molecule has 1 atom stereocenters. The Morgan fingerprint density at radius 2 is 1.96 bits per heavy atom. The lowest BCUT2D eigenvalue weighted by Gasteiger charge is -2.19. The zero-order chi connectivity index (χ0) is 18.8. The largest absolute Gasteiger partial charge is 0.493 e. The maximum absolute atomic E-state index is 13.9. The normalized spacial score (nSPS) is 13.6. The van der Waals surface area contributed by atoms with E-state index in [0.29, 0.717) is 28.3 Å². The summed E-state index contributed by atoms with van der Waals surface area (Å²) in [7, 11) is 2.94. The highest BCUT2D eigenvalue weighted by Crippen LogP contribution is 2.33. The summed E-state index contributed by atoms with van der Waals surface area (Å²) >= 11 is 0. The zero-order valence-electron chi connectivity index (χ0n) is 14.1. The van der Waals surface area contributed by atoms with Gasteiger partial charge in [0.2, 0.25) is 0 Å². The Bertz CT molecular complexity index is 884. The van der Waals surface area contributed by atoms with Crippen LogP contribution in [0.2, 0.25) is 0 Å². The highest BCUT2D eigenvalue weighted by molar-refractivity contribution is 6.00. The number of carbonyl (C=O) groups excluding carboxylic acids is 1. The van der Waals surface area contributed by atoms with E-state index in [1.165, 1.54) is 20.3 Å². The van der Waals surface area contributed by atoms with Gasteiger partial charge in [-0.25, -0.2) is 9.18 Å². The van der Waals surface area contributed by atoms with Crippen molar-refractivity contribution >= 4 is 17.6 Å². The Kier molecular flexibility index (Phi) is 4.66. The number of rotatable bonds is 6. The minimum absolute atomic E-state index is 0.0635. The van der Waals surface area contributed by atoms with E-state index in [-0.39, 0.29) is 12.1 Å². The molecule has 7 nitrogen and oxygen atoms in total. The molecule has 136 valence electrons. The molecule has 0 fully saturated rings. The molecule has 0 saturated heterocycles. The second-order valence-corrected chi connectivity index (χ2v) is 5.66. The van der Waals surface area contributed by atoms with Crippen molar-refractivity contribution in [3.8, 4) is 11.5 Å². The smallest absolute Gasteiger partial charge is 0.330 e. The SMILES string of the molecule is COc1ccc(C(Nc2ccc(F)c3c2CNC3=O)C(=O)O)cc1OC. The summed E-state index contributed by atoms with van der Waals surface area (Å²) in [6.45, 7) is 0.131. The molecule has 1 unspecified atom stereocenters. The van der Waals surface area contributed by atoms with Crippen molar-refractivity contribution in [3.63, 3.8) is 0 Å². The van der Waals surface area contributed by atoms with Gasteiger partial charge in [-0.1, -0.05) is 6.07 Å². The summed E-state index contributed by atoms with van der Waals surface area (Å²) in [5, 5.41) is 15.1. The fraction of sp³-hybridized carbons (Fsp3) is 0.222. The van der Waals surface area contributed by atoms with Crippen molar-refractivity contribution in [2.24, 2.45) is 0 Å². The van der Waals surface area contributed by atoms with E-state index in [9.17, 15) is 19.1 Å². The summed E-state index contributed by atoms with van der Waals surface area (Å²) < 4.78 is 24.3. The van der Waals surface area contributed by atoms with Crippen LogP contribution in [-0.2, 0) is 11.3 Å². The van der Waals surface area contributed by atoms with Gasteiger partial charge in [0.25, 0.3) is 5.91 Å². The quantitative estimate of drug-likeness (QED) is 0.732. The molecule has 2 aromatic carbocycles. The van der Waals surface area contributed by atoms with Crippen LogP contribution >= 0.6 is 0 Å². The molecule has 8 heteroatoms. The predicted octanol–water partition coefficient (Wildman–Crippen LogP) is 2.32. The number of methoxy groups -OCH3 is 2. The second-order valence-electron chi connectivity index (χ2n) is 5.66. The van der Waals surface area contributed by atoms with Crippen LogP contribution in [-0.4, -0.2) is 31.2 Å². The van der Waals surface area contributed by atoms with Crippen molar-refractivity contribution in [2.45, 2.75) is 12.6 Å². The van der Waals surface area contributed by atoms with Crippen molar-refractivity contribution in [1.29, 1.82) is 0 Å². The van der Waals surface area contributed by atoms with Gasteiger partial charge in [-0.15, -0.1) is 0 Å². The molecule has 1 aliphatic rings. The number of carbonyl (C=O) groups is 2. The standard InChI is InChI=1S/C18H17FN2O5/c1-25-13-6-3-9(7-14(13)26-2)16(18(23)24)21-12-5-4-11(19)15-10(12)8-20-17(15)22/h3-7,16,21H,8H2,1-2H3,(H,20,22)(H,23,24). The third-order valence-electron chi connectivity index (χ3n) is 4.20. The molecule has 3 N–H and O–H groups in total. The molecule has 3 rings (SSSR count). The van der Waals surface area contributed by atoms with Crippen LogP contribution in [0.15, 0.2) is 30.3 Å². The topological polar surface area (TPSA) is 96.9 Å². The first-order chi connectivity index (χ1) is 12.5. The number of carboxylic acids is 1. The zero-order valence-corrected chi connectivity index (χ0v) is 14.1. The van der Waals surface area contributed by atoms with Crippen LogP contribution < -0.4 is 20.1 Å². The highest BCUT2D eigenvalue weighted by Gasteiger charge is 2.28. The van der Waals surface area contributed by atoms with Crippen LogP contribution in [0.25, 0.3) is 0 Å². The maximum Gasteiger partial charge on any atom is 0.330 e. The third-order valence-corrected chi connectivity index (χ3v) is 4.20. The van der Waals surface area contributed by atoms with Gasteiger partial charge in [0.1, 0.15) is 5.82 Å². The number of nitrogens with one attached hydrogen (secondary N) is 2. The van der Waals surface area contributed by atoms with Crippen molar-refractivity contribution < 1.29 is 28.6 Å². The van der Waals surface area contributed by atoms with Gasteiger partial charge >= 0.3 is 5.97 Å². The lowest BCUT2D eigenvalue weighted by molar-refractivity contribution is -0.138. The molecule has 2 aromatic rings. The number of halogens is 1. The number of hydrogen-bond acceptors (Lipinski definition) is 5. The molecule has 0 saturated carbocycles. The Labute approximate surface area is 148 Å². The van der Waals surface area contributed by atoms with Gasteiger partial charge in [-0.05, 0) is 29.8 Å². The highest BCUT2D eigenvalue weighted by atomic mass is 19.1. The molecule has 1 amide bonds. The number of aliphatic carboxylic acids is 1. The lowest BCUT2D eigenvalue weighted by atomic mass is 10.0.